The molecule has 0 bridgehead atoms. The average Bonchev–Trinajstić information content (AvgIpc) is 2.65. The standard InChI is InChI=1S/C18H24O3.CH5N3S/c1-2-3-4-5-6-7-8-9-10-18(20)21-17-13-11-16(15-19)12-14-17;2-1(5)4-3/h9-15H,2-8H2,1H3;3H2,(H3,2,4,5). The molecule has 0 atom stereocenters. The molecule has 26 heavy (non-hydrogen) atoms. The van der Waals surface area contributed by atoms with Crippen molar-refractivity contribution >= 4 is 29.6 Å². The molecule has 0 saturated heterocycles. The van der Waals surface area contributed by atoms with Crippen LogP contribution in [0.15, 0.2) is 36.4 Å². The monoisotopic (exact) mass is 379 g/mol. The van der Waals surface area contributed by atoms with Gasteiger partial charge in [0.1, 0.15) is 12.0 Å². The van der Waals surface area contributed by atoms with E-state index in [9.17, 15) is 9.59 Å². The zero-order valence-electron chi connectivity index (χ0n) is 15.3. The van der Waals surface area contributed by atoms with E-state index in [1.807, 2.05) is 11.5 Å². The predicted molar refractivity (Wildman–Crippen MR) is 109 cm³/mol. The van der Waals surface area contributed by atoms with E-state index in [0.717, 1.165) is 19.1 Å². The number of hydrazine groups is 1. The van der Waals surface area contributed by atoms with E-state index in [0.29, 0.717) is 11.3 Å². The van der Waals surface area contributed by atoms with Gasteiger partial charge in [0.25, 0.3) is 0 Å². The van der Waals surface area contributed by atoms with Crippen LogP contribution in [0.4, 0.5) is 0 Å². The van der Waals surface area contributed by atoms with Crippen LogP contribution in [-0.4, -0.2) is 17.4 Å². The molecule has 1 rings (SSSR count). The summed E-state index contributed by atoms with van der Waals surface area (Å²) in [6, 6.07) is 6.47. The zero-order chi connectivity index (χ0) is 19.6. The van der Waals surface area contributed by atoms with E-state index in [1.54, 1.807) is 24.3 Å². The van der Waals surface area contributed by atoms with Crippen molar-refractivity contribution in [1.82, 2.24) is 5.43 Å². The largest absolute Gasteiger partial charge is 0.423 e. The minimum atomic E-state index is -0.375. The van der Waals surface area contributed by atoms with Gasteiger partial charge in [-0.1, -0.05) is 45.1 Å². The van der Waals surface area contributed by atoms with Gasteiger partial charge in [0, 0.05) is 11.6 Å². The molecule has 0 saturated carbocycles. The molecular formula is C19H29N3O3S. The summed E-state index contributed by atoms with van der Waals surface area (Å²) >= 11 is 4.24. The lowest BCUT2D eigenvalue weighted by Crippen LogP contribution is -2.34. The minimum Gasteiger partial charge on any atom is -0.423 e. The molecule has 0 unspecified atom stereocenters. The van der Waals surface area contributed by atoms with Crippen LogP contribution < -0.4 is 21.7 Å². The van der Waals surface area contributed by atoms with Crippen molar-refractivity contribution < 1.29 is 14.3 Å². The number of hydrogen-bond acceptors (Lipinski definition) is 5. The van der Waals surface area contributed by atoms with Crippen molar-refractivity contribution in [3.63, 3.8) is 0 Å². The molecule has 6 nitrogen and oxygen atoms in total. The van der Waals surface area contributed by atoms with Crippen LogP contribution in [0.1, 0.15) is 62.2 Å². The fourth-order valence-corrected chi connectivity index (χ4v) is 1.99. The molecule has 1 aromatic carbocycles. The van der Waals surface area contributed by atoms with E-state index in [2.05, 4.69) is 25.0 Å². The van der Waals surface area contributed by atoms with Crippen LogP contribution in [0.2, 0.25) is 0 Å². The maximum Gasteiger partial charge on any atom is 0.335 e. The molecule has 0 aliphatic carbocycles. The zero-order valence-corrected chi connectivity index (χ0v) is 16.1. The van der Waals surface area contributed by atoms with E-state index in [-0.39, 0.29) is 11.1 Å². The number of benzene rings is 1. The molecule has 0 heterocycles. The predicted octanol–water partition coefficient (Wildman–Crippen LogP) is 3.40. The van der Waals surface area contributed by atoms with Crippen LogP contribution >= 0.6 is 12.2 Å². The SMILES string of the molecule is CCCCCCCCC=CC(=O)Oc1ccc(C=O)cc1.NNC(N)=S. The molecule has 144 valence electrons. The Bertz CT molecular complexity index is 560. The fraction of sp³-hybridized carbons (Fsp3) is 0.421. The molecular weight excluding hydrogens is 350 g/mol. The summed E-state index contributed by atoms with van der Waals surface area (Å²) in [6.45, 7) is 2.21. The fourth-order valence-electron chi connectivity index (χ4n) is 1.99. The Morgan fingerprint density at radius 2 is 1.73 bits per heavy atom. The Balaban J connectivity index is 0.00000110. The van der Waals surface area contributed by atoms with Gasteiger partial charge in [-0.2, -0.15) is 0 Å². The van der Waals surface area contributed by atoms with Gasteiger partial charge >= 0.3 is 5.97 Å². The van der Waals surface area contributed by atoms with Crippen molar-refractivity contribution in [2.75, 3.05) is 0 Å². The second-order valence-corrected chi connectivity index (χ2v) is 6.02. The number of thiocarbonyl (C=S) groups is 1. The van der Waals surface area contributed by atoms with E-state index in [4.69, 9.17) is 10.5 Å². The van der Waals surface area contributed by atoms with Crippen LogP contribution in [0, 0.1) is 0 Å². The number of unbranched alkanes of at least 4 members (excludes halogenated alkanes) is 6. The Morgan fingerprint density at radius 1 is 1.15 bits per heavy atom. The third-order valence-corrected chi connectivity index (χ3v) is 3.47. The van der Waals surface area contributed by atoms with E-state index < -0.39 is 0 Å². The first-order valence-electron chi connectivity index (χ1n) is 8.73. The Hall–Kier alpha value is -2.25. The summed E-state index contributed by atoms with van der Waals surface area (Å²) in [6.07, 6.45) is 12.5. The minimum absolute atomic E-state index is 0.116. The number of esters is 1. The lowest BCUT2D eigenvalue weighted by atomic mass is 10.1. The molecule has 0 aromatic heterocycles. The third-order valence-electron chi connectivity index (χ3n) is 3.36. The van der Waals surface area contributed by atoms with Gasteiger partial charge in [0.05, 0.1) is 0 Å². The topological polar surface area (TPSA) is 107 Å². The smallest absolute Gasteiger partial charge is 0.335 e. The van der Waals surface area contributed by atoms with Crippen molar-refractivity contribution in [2.45, 2.75) is 51.9 Å². The third kappa shape index (κ3) is 14.1. The van der Waals surface area contributed by atoms with Crippen molar-refractivity contribution in [3.05, 3.63) is 42.0 Å². The number of nitrogens with two attached hydrogens (primary N) is 2. The highest BCUT2D eigenvalue weighted by molar-refractivity contribution is 7.80. The van der Waals surface area contributed by atoms with Crippen molar-refractivity contribution in [1.29, 1.82) is 0 Å². The first-order valence-corrected chi connectivity index (χ1v) is 9.14. The highest BCUT2D eigenvalue weighted by Crippen LogP contribution is 2.12. The lowest BCUT2D eigenvalue weighted by molar-refractivity contribution is -0.129. The van der Waals surface area contributed by atoms with Gasteiger partial charge in [0.2, 0.25) is 0 Å². The van der Waals surface area contributed by atoms with Gasteiger partial charge < -0.3 is 15.9 Å². The summed E-state index contributed by atoms with van der Waals surface area (Å²) < 4.78 is 5.13. The van der Waals surface area contributed by atoms with Crippen LogP contribution in [0.25, 0.3) is 0 Å². The molecule has 0 aliphatic rings. The first kappa shape index (κ1) is 23.8. The highest BCUT2D eigenvalue weighted by Gasteiger charge is 2.00. The van der Waals surface area contributed by atoms with E-state index in [1.165, 1.54) is 38.2 Å². The maximum absolute atomic E-state index is 11.6. The number of ether oxygens (including phenoxy) is 1. The van der Waals surface area contributed by atoms with E-state index >= 15 is 0 Å². The van der Waals surface area contributed by atoms with Crippen molar-refractivity contribution in [2.24, 2.45) is 11.6 Å². The summed E-state index contributed by atoms with van der Waals surface area (Å²) in [5, 5.41) is 0.116. The van der Waals surface area contributed by atoms with Crippen LogP contribution in [0.5, 0.6) is 5.75 Å². The average molecular weight is 380 g/mol. The first-order chi connectivity index (χ1) is 12.5. The number of carbonyl (C=O) groups is 2. The molecule has 0 fully saturated rings. The number of aldehydes is 1. The molecule has 0 aliphatic heterocycles. The van der Waals surface area contributed by atoms with Gasteiger partial charge in [-0.05, 0) is 49.3 Å². The van der Waals surface area contributed by atoms with Gasteiger partial charge in [-0.15, -0.1) is 0 Å². The number of rotatable bonds is 10. The second-order valence-electron chi connectivity index (χ2n) is 5.58. The summed E-state index contributed by atoms with van der Waals surface area (Å²) in [4.78, 5) is 22.1. The molecule has 1 aromatic rings. The number of nitrogens with one attached hydrogen (secondary N) is 1. The Morgan fingerprint density at radius 3 is 2.27 bits per heavy atom. The Labute approximate surface area is 160 Å². The summed E-state index contributed by atoms with van der Waals surface area (Å²) in [5.74, 6) is 4.73. The van der Waals surface area contributed by atoms with Crippen LogP contribution in [0.3, 0.4) is 0 Å². The molecule has 0 radical (unpaired) electrons. The second kappa shape index (κ2) is 16.2. The lowest BCUT2D eigenvalue weighted by Gasteiger charge is -2.01. The Kier molecular flexibility index (Phi) is 14.8. The quantitative estimate of drug-likeness (QED) is 0.0835. The molecule has 7 heteroatoms. The molecule has 5 N–H and O–H groups in total. The normalized spacial score (nSPS) is 9.92. The number of carbonyl (C=O) groups excluding carboxylic acids is 2. The van der Waals surface area contributed by atoms with Gasteiger partial charge in [0.15, 0.2) is 5.11 Å². The van der Waals surface area contributed by atoms with Crippen LogP contribution in [-0.2, 0) is 4.79 Å². The van der Waals surface area contributed by atoms with Gasteiger partial charge in [-0.25, -0.2) is 10.6 Å². The highest BCUT2D eigenvalue weighted by atomic mass is 32.1. The molecule has 0 spiro atoms. The number of hydrogen-bond donors (Lipinski definition) is 3. The van der Waals surface area contributed by atoms with Gasteiger partial charge in [-0.3, -0.25) is 4.79 Å². The summed E-state index contributed by atoms with van der Waals surface area (Å²) in [7, 11) is 0. The van der Waals surface area contributed by atoms with Crippen molar-refractivity contribution in [3.8, 4) is 5.75 Å². The number of allylic oxidation sites excluding steroid dienone is 1. The summed E-state index contributed by atoms with van der Waals surface area (Å²) in [5.41, 5.74) is 7.39. The molecule has 0 amide bonds. The maximum atomic E-state index is 11.6.